The fourth-order valence-corrected chi connectivity index (χ4v) is 6.21. The summed E-state index contributed by atoms with van der Waals surface area (Å²) in [5, 5.41) is 3.62. The van der Waals surface area contributed by atoms with Crippen LogP contribution in [0.15, 0.2) is 71.6 Å². The van der Waals surface area contributed by atoms with Crippen molar-refractivity contribution in [2.75, 3.05) is 17.5 Å². The molecule has 3 aromatic rings. The molecule has 0 radical (unpaired) electrons. The van der Waals surface area contributed by atoms with Crippen LogP contribution in [0.5, 0.6) is 5.75 Å². The van der Waals surface area contributed by atoms with Crippen molar-refractivity contribution in [2.24, 2.45) is 0 Å². The van der Waals surface area contributed by atoms with E-state index in [1.165, 1.54) is 23.1 Å². The van der Waals surface area contributed by atoms with Gasteiger partial charge in [-0.25, -0.2) is 12.8 Å². The van der Waals surface area contributed by atoms with Gasteiger partial charge in [0.25, 0.3) is 10.0 Å². The molecule has 0 aliphatic rings. The van der Waals surface area contributed by atoms with Gasteiger partial charge in [0.2, 0.25) is 11.8 Å². The molecule has 0 bridgehead atoms. The van der Waals surface area contributed by atoms with Crippen LogP contribution in [-0.4, -0.2) is 50.4 Å². The Kier molecular flexibility index (Phi) is 12.2. The topological polar surface area (TPSA) is 96.0 Å². The van der Waals surface area contributed by atoms with Crippen molar-refractivity contribution in [3.05, 3.63) is 88.2 Å². The first-order valence-electron chi connectivity index (χ1n) is 14.0. The first-order valence-corrected chi connectivity index (χ1v) is 16.2. The fourth-order valence-electron chi connectivity index (χ4n) is 4.33. The molecule has 3 rings (SSSR count). The Morgan fingerprint density at radius 1 is 0.953 bits per heavy atom. The highest BCUT2D eigenvalue weighted by Crippen LogP contribution is 2.28. The molecule has 43 heavy (non-hydrogen) atoms. The van der Waals surface area contributed by atoms with Crippen LogP contribution in [0.3, 0.4) is 0 Å². The molecular weight excluding hydrogens is 616 g/mol. The van der Waals surface area contributed by atoms with Crippen LogP contribution in [0.4, 0.5) is 10.1 Å². The van der Waals surface area contributed by atoms with Gasteiger partial charge in [-0.3, -0.25) is 13.9 Å². The summed E-state index contributed by atoms with van der Waals surface area (Å²) < 4.78 is 47.9. The van der Waals surface area contributed by atoms with E-state index in [9.17, 15) is 22.4 Å². The zero-order valence-corrected chi connectivity index (χ0v) is 26.8. The number of sulfonamides is 1. The third-order valence-electron chi connectivity index (χ3n) is 6.86. The second-order valence-corrected chi connectivity index (χ2v) is 12.6. The first-order chi connectivity index (χ1) is 20.4. The second-order valence-electron chi connectivity index (χ2n) is 9.89. The Labute approximate surface area is 262 Å². The summed E-state index contributed by atoms with van der Waals surface area (Å²) in [4.78, 5) is 28.7. The Bertz CT molecular complexity index is 1500. The van der Waals surface area contributed by atoms with Gasteiger partial charge in [0.15, 0.2) is 0 Å². The molecule has 2 amide bonds. The molecule has 0 saturated heterocycles. The third-order valence-corrected chi connectivity index (χ3v) is 9.23. The van der Waals surface area contributed by atoms with Crippen molar-refractivity contribution in [1.29, 1.82) is 0 Å². The van der Waals surface area contributed by atoms with E-state index in [2.05, 4.69) is 5.32 Å². The zero-order chi connectivity index (χ0) is 31.7. The number of ether oxygens (including phenoxy) is 1. The van der Waals surface area contributed by atoms with E-state index < -0.39 is 34.3 Å². The Hall–Kier alpha value is -3.34. The van der Waals surface area contributed by atoms with E-state index in [1.807, 2.05) is 20.8 Å². The van der Waals surface area contributed by atoms with E-state index in [0.29, 0.717) is 34.4 Å². The molecule has 0 aliphatic heterocycles. The van der Waals surface area contributed by atoms with Gasteiger partial charge >= 0.3 is 0 Å². The van der Waals surface area contributed by atoms with Gasteiger partial charge < -0.3 is 15.0 Å². The average Bonchev–Trinajstić information content (AvgIpc) is 2.97. The maximum atomic E-state index is 14.2. The van der Waals surface area contributed by atoms with Crippen LogP contribution in [-0.2, 0) is 26.2 Å². The molecule has 0 fully saturated rings. The summed E-state index contributed by atoms with van der Waals surface area (Å²) in [5.41, 5.74) is 0.714. The lowest BCUT2D eigenvalue weighted by Crippen LogP contribution is -2.53. The van der Waals surface area contributed by atoms with Crippen molar-refractivity contribution in [2.45, 2.75) is 64.1 Å². The van der Waals surface area contributed by atoms with Crippen molar-refractivity contribution >= 4 is 50.7 Å². The molecule has 2 unspecified atom stereocenters. The van der Waals surface area contributed by atoms with E-state index in [-0.39, 0.29) is 35.5 Å². The first kappa shape index (κ1) is 34.2. The number of hydrogen-bond donors (Lipinski definition) is 1. The number of nitrogens with zero attached hydrogens (tertiary/aromatic N) is 2. The molecule has 0 heterocycles. The summed E-state index contributed by atoms with van der Waals surface area (Å²) in [5.74, 6) is -1.10. The van der Waals surface area contributed by atoms with Crippen LogP contribution in [0.2, 0.25) is 10.0 Å². The lowest BCUT2D eigenvalue weighted by atomic mass is 10.1. The summed E-state index contributed by atoms with van der Waals surface area (Å²) in [6.07, 6.45) is 0.938. The van der Waals surface area contributed by atoms with E-state index in [1.54, 1.807) is 31.2 Å². The average molecular weight is 653 g/mol. The molecule has 0 spiro atoms. The number of carbonyl (C=O) groups excluding carboxylic acids is 2. The predicted molar refractivity (Wildman–Crippen MR) is 168 cm³/mol. The van der Waals surface area contributed by atoms with Crippen molar-refractivity contribution in [3.63, 3.8) is 0 Å². The molecule has 3 aromatic carbocycles. The molecule has 12 heteroatoms. The maximum Gasteiger partial charge on any atom is 0.264 e. The number of benzene rings is 3. The normalized spacial score (nSPS) is 12.7. The Balaban J connectivity index is 2.08. The second kappa shape index (κ2) is 15.4. The van der Waals surface area contributed by atoms with Crippen LogP contribution in [0.1, 0.15) is 46.1 Å². The van der Waals surface area contributed by atoms with Gasteiger partial charge in [0.05, 0.1) is 17.2 Å². The van der Waals surface area contributed by atoms with Crippen molar-refractivity contribution < 1.29 is 27.1 Å². The van der Waals surface area contributed by atoms with Gasteiger partial charge in [-0.15, -0.1) is 0 Å². The molecule has 2 atom stereocenters. The summed E-state index contributed by atoms with van der Waals surface area (Å²) in [6, 6.07) is 14.3. The Morgan fingerprint density at radius 2 is 1.60 bits per heavy atom. The molecule has 1 N–H and O–H groups in total. The number of nitrogens with one attached hydrogen (secondary N) is 1. The number of halogens is 3. The highest BCUT2D eigenvalue weighted by molar-refractivity contribution is 7.92. The molecule has 8 nitrogen and oxygen atoms in total. The highest BCUT2D eigenvalue weighted by Gasteiger charge is 2.34. The standard InChI is InChI=1S/C31H36Cl2FN3O5S/c1-5-21(4)35-31(39)29(6-2)36(19-22-8-9-23(32)18-28(22)33)30(38)20-37(25-12-14-26(15-13-25)42-7-3)43(40,41)27-16-10-24(34)11-17-27/h8-18,21,29H,5-7,19-20H2,1-4H3,(H,35,39). The van der Waals surface area contributed by atoms with Crippen LogP contribution in [0.25, 0.3) is 0 Å². The van der Waals surface area contributed by atoms with Crippen LogP contribution < -0.4 is 14.4 Å². The van der Waals surface area contributed by atoms with E-state index in [0.717, 1.165) is 28.6 Å². The minimum Gasteiger partial charge on any atom is -0.494 e. The smallest absolute Gasteiger partial charge is 0.264 e. The lowest BCUT2D eigenvalue weighted by Gasteiger charge is -2.34. The van der Waals surface area contributed by atoms with Gasteiger partial charge in [-0.05, 0) is 92.9 Å². The predicted octanol–water partition coefficient (Wildman–Crippen LogP) is 6.45. The van der Waals surface area contributed by atoms with Crippen LogP contribution in [0, 0.1) is 5.82 Å². The van der Waals surface area contributed by atoms with E-state index >= 15 is 0 Å². The highest BCUT2D eigenvalue weighted by atomic mass is 35.5. The van der Waals surface area contributed by atoms with E-state index in [4.69, 9.17) is 27.9 Å². The number of carbonyl (C=O) groups is 2. The molecular formula is C31H36Cl2FN3O5S. The largest absolute Gasteiger partial charge is 0.494 e. The number of amides is 2. The van der Waals surface area contributed by atoms with Crippen molar-refractivity contribution in [1.82, 2.24) is 10.2 Å². The van der Waals surface area contributed by atoms with Gasteiger partial charge in [0, 0.05) is 22.6 Å². The monoisotopic (exact) mass is 651 g/mol. The van der Waals surface area contributed by atoms with Crippen molar-refractivity contribution in [3.8, 4) is 5.75 Å². The quantitative estimate of drug-likeness (QED) is 0.216. The summed E-state index contributed by atoms with van der Waals surface area (Å²) >= 11 is 12.5. The molecule has 0 aromatic heterocycles. The summed E-state index contributed by atoms with van der Waals surface area (Å²) in [6.45, 7) is 7.06. The minimum atomic E-state index is -4.35. The number of anilines is 1. The lowest BCUT2D eigenvalue weighted by molar-refractivity contribution is -0.140. The SMILES string of the molecule is CCOc1ccc(N(CC(=O)N(Cc2ccc(Cl)cc2Cl)C(CC)C(=O)NC(C)CC)S(=O)(=O)c2ccc(F)cc2)cc1. The third kappa shape index (κ3) is 8.84. The zero-order valence-electron chi connectivity index (χ0n) is 24.5. The molecule has 0 saturated carbocycles. The van der Waals surface area contributed by atoms with Crippen LogP contribution >= 0.6 is 23.2 Å². The summed E-state index contributed by atoms with van der Waals surface area (Å²) in [7, 11) is -4.35. The van der Waals surface area contributed by atoms with Gasteiger partial charge in [0.1, 0.15) is 24.2 Å². The van der Waals surface area contributed by atoms with Gasteiger partial charge in [-0.1, -0.05) is 43.1 Å². The molecule has 0 aliphatic carbocycles. The Morgan fingerprint density at radius 3 is 2.16 bits per heavy atom. The fraction of sp³-hybridized carbons (Fsp3) is 0.355. The number of hydrogen-bond acceptors (Lipinski definition) is 5. The maximum absolute atomic E-state index is 14.2. The van der Waals surface area contributed by atoms with Gasteiger partial charge in [-0.2, -0.15) is 0 Å². The minimum absolute atomic E-state index is 0.0744. The molecule has 232 valence electrons. The number of rotatable bonds is 14.